The van der Waals surface area contributed by atoms with E-state index in [9.17, 15) is 14.7 Å². The fraction of sp³-hybridized carbons (Fsp3) is 0.769. The van der Waals surface area contributed by atoms with Gasteiger partial charge in [-0.2, -0.15) is 5.26 Å². The molecule has 1 fully saturated rings. The molecule has 0 aromatic rings. The molecule has 0 aromatic carbocycles. The largest absolute Gasteiger partial charge is 0.480 e. The van der Waals surface area contributed by atoms with Crippen molar-refractivity contribution in [2.45, 2.75) is 38.6 Å². The smallest absolute Gasteiger partial charge is 0.327 e. The molecule has 7 heteroatoms. The van der Waals surface area contributed by atoms with Crippen molar-refractivity contribution in [3.8, 4) is 6.07 Å². The highest BCUT2D eigenvalue weighted by Crippen LogP contribution is 2.30. The summed E-state index contributed by atoms with van der Waals surface area (Å²) in [4.78, 5) is 26.8. The molecule has 112 valence electrons. The minimum absolute atomic E-state index is 0.152. The number of thioether (sulfide) groups is 1. The lowest BCUT2D eigenvalue weighted by Gasteiger charge is -2.32. The summed E-state index contributed by atoms with van der Waals surface area (Å²) in [7, 11) is 0. The molecule has 0 aliphatic carbocycles. The van der Waals surface area contributed by atoms with Gasteiger partial charge in [-0.25, -0.2) is 9.59 Å². The summed E-state index contributed by atoms with van der Waals surface area (Å²) >= 11 is 1.46. The second-order valence-corrected chi connectivity index (χ2v) is 6.57. The van der Waals surface area contributed by atoms with Crippen molar-refractivity contribution in [3.63, 3.8) is 0 Å². The molecule has 2 amide bonds. The number of carboxylic acids is 1. The Balaban J connectivity index is 2.85. The van der Waals surface area contributed by atoms with Gasteiger partial charge in [-0.3, -0.25) is 4.90 Å². The van der Waals surface area contributed by atoms with E-state index in [1.54, 1.807) is 4.90 Å². The van der Waals surface area contributed by atoms with Crippen LogP contribution in [0.4, 0.5) is 4.79 Å². The van der Waals surface area contributed by atoms with Gasteiger partial charge in [-0.05, 0) is 12.8 Å². The van der Waals surface area contributed by atoms with Crippen LogP contribution in [0.3, 0.4) is 0 Å². The lowest BCUT2D eigenvalue weighted by molar-refractivity contribution is -0.141. The normalized spacial score (nSPS) is 21.9. The monoisotopic (exact) mass is 299 g/mol. The number of hydrogen-bond donors (Lipinski definition) is 1. The number of nitrogens with zero attached hydrogens (tertiary/aromatic N) is 3. The maximum Gasteiger partial charge on any atom is 0.327 e. The number of amides is 2. The first-order valence-corrected chi connectivity index (χ1v) is 7.72. The molecule has 20 heavy (non-hydrogen) atoms. The van der Waals surface area contributed by atoms with Gasteiger partial charge in [0.15, 0.2) is 0 Å². The van der Waals surface area contributed by atoms with E-state index in [4.69, 9.17) is 5.26 Å². The molecular weight excluding hydrogens is 278 g/mol. The summed E-state index contributed by atoms with van der Waals surface area (Å²) in [6.07, 6.45) is 0.256. The average molecular weight is 299 g/mol. The molecule has 0 radical (unpaired) electrons. The molecule has 0 bridgehead atoms. The van der Waals surface area contributed by atoms with E-state index in [0.717, 1.165) is 0 Å². The van der Waals surface area contributed by atoms with E-state index in [0.29, 0.717) is 18.8 Å². The van der Waals surface area contributed by atoms with Gasteiger partial charge in [-0.15, -0.1) is 11.8 Å². The Bertz CT molecular complexity index is 408. The number of hydrogen-bond acceptors (Lipinski definition) is 4. The summed E-state index contributed by atoms with van der Waals surface area (Å²) in [5.41, 5.74) is 0. The Kier molecular flexibility index (Phi) is 6.14. The Morgan fingerprint density at radius 2 is 2.20 bits per heavy atom. The van der Waals surface area contributed by atoms with E-state index in [2.05, 4.69) is 0 Å². The summed E-state index contributed by atoms with van der Waals surface area (Å²) < 4.78 is 0. The van der Waals surface area contributed by atoms with Crippen LogP contribution in [0.25, 0.3) is 0 Å². The lowest BCUT2D eigenvalue weighted by Crippen LogP contribution is -2.52. The van der Waals surface area contributed by atoms with E-state index in [-0.39, 0.29) is 23.7 Å². The van der Waals surface area contributed by atoms with Crippen LogP contribution in [-0.4, -0.2) is 57.2 Å². The summed E-state index contributed by atoms with van der Waals surface area (Å²) in [5, 5.41) is 17.7. The average Bonchev–Trinajstić information content (AvgIpc) is 2.75. The molecule has 0 spiro atoms. The highest BCUT2D eigenvalue weighted by molar-refractivity contribution is 8.00. The summed E-state index contributed by atoms with van der Waals surface area (Å²) in [6.45, 7) is 6.69. The van der Waals surface area contributed by atoms with Crippen LogP contribution in [0.1, 0.15) is 27.2 Å². The highest BCUT2D eigenvalue weighted by atomic mass is 32.2. The zero-order valence-electron chi connectivity index (χ0n) is 12.1. The van der Waals surface area contributed by atoms with Crippen LogP contribution in [0.15, 0.2) is 0 Å². The van der Waals surface area contributed by atoms with E-state index < -0.39 is 12.0 Å². The standard InChI is InChI=1S/C13H21N3O3S/c1-9(2)7-15(6-4-5-14)13(19)16-10(3)20-8-11(16)12(17)18/h9-11H,4,6-8H2,1-3H3,(H,17,18). The first-order valence-electron chi connectivity index (χ1n) is 6.67. The maximum atomic E-state index is 12.6. The quantitative estimate of drug-likeness (QED) is 0.837. The van der Waals surface area contributed by atoms with Crippen LogP contribution in [0.2, 0.25) is 0 Å². The number of rotatable bonds is 5. The van der Waals surface area contributed by atoms with Gasteiger partial charge < -0.3 is 10.0 Å². The Morgan fingerprint density at radius 3 is 2.70 bits per heavy atom. The number of urea groups is 1. The molecule has 0 saturated carbocycles. The van der Waals surface area contributed by atoms with Crippen LogP contribution < -0.4 is 0 Å². The number of aliphatic carboxylic acids is 1. The minimum Gasteiger partial charge on any atom is -0.480 e. The predicted molar refractivity (Wildman–Crippen MR) is 77.2 cm³/mol. The molecule has 1 N–H and O–H groups in total. The van der Waals surface area contributed by atoms with Crippen molar-refractivity contribution in [1.82, 2.24) is 9.80 Å². The third-order valence-electron chi connectivity index (χ3n) is 3.08. The van der Waals surface area contributed by atoms with E-state index in [1.165, 1.54) is 16.7 Å². The molecule has 1 rings (SSSR count). The summed E-state index contributed by atoms with van der Waals surface area (Å²) in [6, 6.07) is 0.971. The Hall–Kier alpha value is -1.42. The molecule has 6 nitrogen and oxygen atoms in total. The van der Waals surface area contributed by atoms with Gasteiger partial charge in [0.05, 0.1) is 17.9 Å². The predicted octanol–water partition coefficient (Wildman–Crippen LogP) is 1.83. The van der Waals surface area contributed by atoms with Gasteiger partial charge in [0.25, 0.3) is 0 Å². The van der Waals surface area contributed by atoms with Crippen molar-refractivity contribution < 1.29 is 14.7 Å². The first kappa shape index (κ1) is 16.6. The molecule has 1 heterocycles. The second-order valence-electron chi connectivity index (χ2n) is 5.22. The molecule has 0 aromatic heterocycles. The Labute approximate surface area is 123 Å². The lowest BCUT2D eigenvalue weighted by atomic mass is 10.2. The fourth-order valence-electron chi connectivity index (χ4n) is 2.18. The fourth-order valence-corrected chi connectivity index (χ4v) is 3.34. The van der Waals surface area contributed by atoms with Crippen LogP contribution in [0.5, 0.6) is 0 Å². The third-order valence-corrected chi connectivity index (χ3v) is 4.30. The SMILES string of the molecule is CC(C)CN(CCC#N)C(=O)N1C(C)SCC1C(=O)O. The zero-order valence-corrected chi connectivity index (χ0v) is 12.9. The zero-order chi connectivity index (χ0) is 15.3. The van der Waals surface area contributed by atoms with Gasteiger partial charge >= 0.3 is 12.0 Å². The van der Waals surface area contributed by atoms with Crippen molar-refractivity contribution in [2.24, 2.45) is 5.92 Å². The molecule has 1 aliphatic heterocycles. The number of carbonyl (C=O) groups excluding carboxylic acids is 1. The molecule has 1 aliphatic rings. The number of carboxylic acid groups (broad SMARTS) is 1. The first-order chi connectivity index (χ1) is 9.38. The van der Waals surface area contributed by atoms with E-state index >= 15 is 0 Å². The van der Waals surface area contributed by atoms with Crippen molar-refractivity contribution in [1.29, 1.82) is 5.26 Å². The Morgan fingerprint density at radius 1 is 1.55 bits per heavy atom. The van der Waals surface area contributed by atoms with Crippen LogP contribution in [0, 0.1) is 17.2 Å². The molecule has 2 unspecified atom stereocenters. The molecular formula is C13H21N3O3S. The highest BCUT2D eigenvalue weighted by Gasteiger charge is 2.41. The number of carbonyl (C=O) groups is 2. The topological polar surface area (TPSA) is 84.6 Å². The van der Waals surface area contributed by atoms with E-state index in [1.807, 2.05) is 26.8 Å². The second kappa shape index (κ2) is 7.39. The van der Waals surface area contributed by atoms with Gasteiger partial charge in [0.2, 0.25) is 0 Å². The van der Waals surface area contributed by atoms with Gasteiger partial charge in [0.1, 0.15) is 6.04 Å². The summed E-state index contributed by atoms with van der Waals surface area (Å²) in [5.74, 6) is -0.290. The molecule has 2 atom stereocenters. The van der Waals surface area contributed by atoms with Crippen molar-refractivity contribution in [2.75, 3.05) is 18.8 Å². The van der Waals surface area contributed by atoms with Crippen LogP contribution in [-0.2, 0) is 4.79 Å². The number of nitriles is 1. The maximum absolute atomic E-state index is 12.6. The minimum atomic E-state index is -0.972. The van der Waals surface area contributed by atoms with Crippen LogP contribution >= 0.6 is 11.8 Å². The van der Waals surface area contributed by atoms with Crippen molar-refractivity contribution in [3.05, 3.63) is 0 Å². The van der Waals surface area contributed by atoms with Crippen molar-refractivity contribution >= 4 is 23.8 Å². The van der Waals surface area contributed by atoms with Gasteiger partial charge in [-0.1, -0.05) is 13.8 Å². The third kappa shape index (κ3) is 4.04. The molecule has 1 saturated heterocycles. The van der Waals surface area contributed by atoms with Gasteiger partial charge in [0, 0.05) is 18.8 Å².